The topological polar surface area (TPSA) is 12.0 Å². The minimum absolute atomic E-state index is 0.572. The highest BCUT2D eigenvalue weighted by atomic mass is 14.9. The molecule has 1 atom stereocenters. The molecule has 0 spiro atoms. The van der Waals surface area contributed by atoms with Gasteiger partial charge in [0, 0.05) is 6.04 Å². The van der Waals surface area contributed by atoms with Crippen molar-refractivity contribution in [3.05, 3.63) is 0 Å². The van der Waals surface area contributed by atoms with E-state index in [-0.39, 0.29) is 0 Å². The molecule has 0 heterocycles. The van der Waals surface area contributed by atoms with Crippen molar-refractivity contribution in [1.82, 2.24) is 5.32 Å². The van der Waals surface area contributed by atoms with Crippen LogP contribution in [0.15, 0.2) is 0 Å². The molecular weight excluding hydrogens is 146 g/mol. The number of hydrogen-bond donors (Lipinski definition) is 1. The van der Waals surface area contributed by atoms with Crippen LogP contribution in [0.2, 0.25) is 0 Å². The van der Waals surface area contributed by atoms with Crippen molar-refractivity contribution in [3.8, 4) is 0 Å². The fourth-order valence-electron chi connectivity index (χ4n) is 2.98. The van der Waals surface area contributed by atoms with Crippen molar-refractivity contribution >= 4 is 0 Å². The van der Waals surface area contributed by atoms with Gasteiger partial charge in [-0.25, -0.2) is 0 Å². The molecule has 1 heteroatoms. The molecule has 0 aliphatic heterocycles. The van der Waals surface area contributed by atoms with E-state index < -0.39 is 0 Å². The van der Waals surface area contributed by atoms with Gasteiger partial charge < -0.3 is 5.32 Å². The lowest BCUT2D eigenvalue weighted by Crippen LogP contribution is -2.44. The molecule has 0 amide bonds. The van der Waals surface area contributed by atoms with E-state index in [0.29, 0.717) is 11.5 Å². The smallest absolute Gasteiger partial charge is 0.0141 e. The van der Waals surface area contributed by atoms with Crippen LogP contribution in [-0.2, 0) is 0 Å². The van der Waals surface area contributed by atoms with Crippen LogP contribution in [0, 0.1) is 11.3 Å². The lowest BCUT2D eigenvalue weighted by atomic mass is 9.75. The molecule has 1 aliphatic rings. The Balaban J connectivity index is 2.62. The highest BCUT2D eigenvalue weighted by Gasteiger charge is 2.37. The zero-order chi connectivity index (χ0) is 9.19. The van der Waals surface area contributed by atoms with E-state index in [4.69, 9.17) is 0 Å². The maximum Gasteiger partial charge on any atom is 0.0141 e. The molecule has 0 aromatic heterocycles. The van der Waals surface area contributed by atoms with Gasteiger partial charge in [0.2, 0.25) is 0 Å². The predicted molar refractivity (Wildman–Crippen MR) is 54.3 cm³/mol. The molecule has 0 aromatic carbocycles. The molecule has 1 saturated carbocycles. The van der Waals surface area contributed by atoms with E-state index in [1.54, 1.807) is 0 Å². The van der Waals surface area contributed by atoms with Crippen molar-refractivity contribution in [2.45, 2.75) is 52.5 Å². The predicted octanol–water partition coefficient (Wildman–Crippen LogP) is 2.81. The van der Waals surface area contributed by atoms with Crippen molar-refractivity contribution < 1.29 is 0 Å². The number of hydrogen-bond acceptors (Lipinski definition) is 1. The van der Waals surface area contributed by atoms with E-state index in [9.17, 15) is 0 Å². The quantitative estimate of drug-likeness (QED) is 0.685. The molecular formula is C11H23N. The van der Waals surface area contributed by atoms with Gasteiger partial charge in [0.05, 0.1) is 0 Å². The van der Waals surface area contributed by atoms with Gasteiger partial charge in [-0.05, 0) is 31.2 Å². The van der Waals surface area contributed by atoms with Crippen LogP contribution in [0.5, 0.6) is 0 Å². The molecule has 1 aliphatic carbocycles. The van der Waals surface area contributed by atoms with Crippen molar-refractivity contribution in [2.75, 3.05) is 7.05 Å². The monoisotopic (exact) mass is 169 g/mol. The molecule has 1 nitrogen and oxygen atoms in total. The van der Waals surface area contributed by atoms with Crippen molar-refractivity contribution in [3.63, 3.8) is 0 Å². The third-order valence-electron chi connectivity index (χ3n) is 3.47. The average molecular weight is 169 g/mol. The minimum Gasteiger partial charge on any atom is -0.316 e. The second-order valence-corrected chi connectivity index (χ2v) is 4.87. The summed E-state index contributed by atoms with van der Waals surface area (Å²) in [5.41, 5.74) is 0.572. The first kappa shape index (κ1) is 10.0. The highest BCUT2D eigenvalue weighted by Crippen LogP contribution is 2.42. The zero-order valence-electron chi connectivity index (χ0n) is 8.98. The lowest BCUT2D eigenvalue weighted by molar-refractivity contribution is 0.183. The highest BCUT2D eigenvalue weighted by molar-refractivity contribution is 4.92. The van der Waals surface area contributed by atoms with Crippen molar-refractivity contribution in [1.29, 1.82) is 0 Å². The summed E-state index contributed by atoms with van der Waals surface area (Å²) in [5, 5.41) is 3.48. The van der Waals surface area contributed by atoms with Crippen LogP contribution in [0.1, 0.15) is 46.5 Å². The van der Waals surface area contributed by atoms with Gasteiger partial charge in [0.25, 0.3) is 0 Å². The maximum absolute atomic E-state index is 3.48. The summed E-state index contributed by atoms with van der Waals surface area (Å²) in [6, 6.07) is 0.708. The number of rotatable bonds is 3. The van der Waals surface area contributed by atoms with Crippen LogP contribution in [-0.4, -0.2) is 13.1 Å². The molecule has 0 saturated heterocycles. The second kappa shape index (κ2) is 3.78. The summed E-state index contributed by atoms with van der Waals surface area (Å²) < 4.78 is 0. The zero-order valence-corrected chi connectivity index (χ0v) is 8.98. The Morgan fingerprint density at radius 2 is 1.67 bits per heavy atom. The first-order valence-corrected chi connectivity index (χ1v) is 5.27. The Kier molecular flexibility index (Phi) is 3.16. The molecule has 0 radical (unpaired) electrons. The Labute approximate surface area is 76.9 Å². The summed E-state index contributed by atoms with van der Waals surface area (Å²) in [6.07, 6.45) is 5.69. The summed E-state index contributed by atoms with van der Waals surface area (Å²) >= 11 is 0. The molecule has 1 N–H and O–H groups in total. The minimum atomic E-state index is 0.572. The van der Waals surface area contributed by atoms with Crippen LogP contribution in [0.3, 0.4) is 0 Å². The fourth-order valence-corrected chi connectivity index (χ4v) is 2.98. The van der Waals surface area contributed by atoms with Gasteiger partial charge >= 0.3 is 0 Å². The summed E-state index contributed by atoms with van der Waals surface area (Å²) in [5.74, 6) is 0.762. The Bertz CT molecular complexity index is 134. The van der Waals surface area contributed by atoms with E-state index in [1.165, 1.54) is 25.7 Å². The van der Waals surface area contributed by atoms with Crippen LogP contribution in [0.25, 0.3) is 0 Å². The molecule has 1 rings (SSSR count). The van der Waals surface area contributed by atoms with Gasteiger partial charge in [0.15, 0.2) is 0 Å². The molecule has 1 unspecified atom stereocenters. The van der Waals surface area contributed by atoms with E-state index in [1.807, 2.05) is 0 Å². The van der Waals surface area contributed by atoms with Gasteiger partial charge in [-0.15, -0.1) is 0 Å². The normalized spacial score (nSPS) is 24.8. The largest absolute Gasteiger partial charge is 0.316 e. The molecule has 72 valence electrons. The standard InChI is InChI=1S/C11H23N/c1-9(2)10(12-4)11(3)7-5-6-8-11/h9-10,12H,5-8H2,1-4H3. The Morgan fingerprint density at radius 1 is 1.17 bits per heavy atom. The molecule has 12 heavy (non-hydrogen) atoms. The van der Waals surface area contributed by atoms with Crippen LogP contribution >= 0.6 is 0 Å². The molecule has 0 bridgehead atoms. The third kappa shape index (κ3) is 1.82. The third-order valence-corrected chi connectivity index (χ3v) is 3.47. The summed E-state index contributed by atoms with van der Waals surface area (Å²) in [7, 11) is 2.11. The SMILES string of the molecule is CNC(C(C)C)C1(C)CCCC1. The Hall–Kier alpha value is -0.0400. The maximum atomic E-state index is 3.48. The Morgan fingerprint density at radius 3 is 2.00 bits per heavy atom. The average Bonchev–Trinajstić information content (AvgIpc) is 2.37. The van der Waals surface area contributed by atoms with E-state index >= 15 is 0 Å². The van der Waals surface area contributed by atoms with Gasteiger partial charge in [-0.1, -0.05) is 33.6 Å². The number of nitrogens with one attached hydrogen (secondary N) is 1. The summed E-state index contributed by atoms with van der Waals surface area (Å²) in [4.78, 5) is 0. The van der Waals surface area contributed by atoms with Crippen LogP contribution in [0.4, 0.5) is 0 Å². The lowest BCUT2D eigenvalue weighted by Gasteiger charge is -2.36. The second-order valence-electron chi connectivity index (χ2n) is 4.87. The summed E-state index contributed by atoms with van der Waals surface area (Å²) in [6.45, 7) is 7.09. The van der Waals surface area contributed by atoms with Crippen LogP contribution < -0.4 is 5.32 Å². The molecule has 0 aromatic rings. The first-order valence-electron chi connectivity index (χ1n) is 5.27. The van der Waals surface area contributed by atoms with Gasteiger partial charge in [0.1, 0.15) is 0 Å². The van der Waals surface area contributed by atoms with Gasteiger partial charge in [-0.2, -0.15) is 0 Å². The van der Waals surface area contributed by atoms with E-state index in [0.717, 1.165) is 5.92 Å². The molecule has 1 fully saturated rings. The van der Waals surface area contributed by atoms with Gasteiger partial charge in [-0.3, -0.25) is 0 Å². The van der Waals surface area contributed by atoms with Crippen molar-refractivity contribution in [2.24, 2.45) is 11.3 Å². The van der Waals surface area contributed by atoms with E-state index in [2.05, 4.69) is 33.1 Å². The fraction of sp³-hybridized carbons (Fsp3) is 1.00. The first-order chi connectivity index (χ1) is 5.60.